The lowest BCUT2D eigenvalue weighted by Crippen LogP contribution is -2.41. The molecule has 6 heteroatoms. The van der Waals surface area contributed by atoms with Crippen LogP contribution in [0.15, 0.2) is 64.2 Å². The second-order valence-corrected chi connectivity index (χ2v) is 7.77. The van der Waals surface area contributed by atoms with E-state index in [-0.39, 0.29) is 11.3 Å². The number of nitrogens with one attached hydrogen (secondary N) is 1. The Morgan fingerprint density at radius 3 is 2.27 bits per heavy atom. The van der Waals surface area contributed by atoms with Crippen LogP contribution < -0.4 is 21.1 Å². The van der Waals surface area contributed by atoms with Crippen molar-refractivity contribution in [3.63, 3.8) is 0 Å². The fraction of sp³-hybridized carbons (Fsp3) is 0.292. The number of anilines is 2. The van der Waals surface area contributed by atoms with Crippen LogP contribution in [0, 0.1) is 0 Å². The fourth-order valence-electron chi connectivity index (χ4n) is 3.89. The van der Waals surface area contributed by atoms with E-state index < -0.39 is 5.43 Å². The molecule has 3 aromatic rings. The van der Waals surface area contributed by atoms with E-state index in [9.17, 15) is 14.4 Å². The van der Waals surface area contributed by atoms with Gasteiger partial charge in [-0.3, -0.25) is 14.4 Å². The monoisotopic (exact) mass is 403 g/mol. The van der Waals surface area contributed by atoms with Gasteiger partial charge in [0, 0.05) is 38.8 Å². The largest absolute Gasteiger partial charge is 0.376 e. The smallest absolute Gasteiger partial charge is 0.253 e. The molecule has 4 rings (SSSR count). The third-order valence-electron chi connectivity index (χ3n) is 5.59. The Hall–Kier alpha value is -3.41. The number of hydrogen-bond donors (Lipinski definition) is 1. The Morgan fingerprint density at radius 2 is 1.60 bits per heavy atom. The maximum atomic E-state index is 12.7. The molecule has 1 saturated heterocycles. The van der Waals surface area contributed by atoms with Crippen LogP contribution in [-0.4, -0.2) is 30.9 Å². The van der Waals surface area contributed by atoms with E-state index in [2.05, 4.69) is 5.32 Å². The summed E-state index contributed by atoms with van der Waals surface area (Å²) < 4.78 is 0. The number of amides is 1. The first-order chi connectivity index (χ1) is 14.5. The molecule has 0 spiro atoms. The number of rotatable bonds is 7. The minimum Gasteiger partial charge on any atom is -0.376 e. The molecule has 1 aliphatic heterocycles. The first kappa shape index (κ1) is 19.9. The number of hydrogen-bond acceptors (Lipinski definition) is 5. The predicted molar refractivity (Wildman–Crippen MR) is 119 cm³/mol. The summed E-state index contributed by atoms with van der Waals surface area (Å²) in [6.07, 6.45) is 2.10. The molecule has 154 valence electrons. The van der Waals surface area contributed by atoms with Crippen molar-refractivity contribution in [2.75, 3.05) is 30.4 Å². The molecular formula is C24H25N3O3. The van der Waals surface area contributed by atoms with Crippen LogP contribution in [0.3, 0.4) is 0 Å². The molecule has 0 atom stereocenters. The molecule has 1 aliphatic rings. The highest BCUT2D eigenvalue weighted by Crippen LogP contribution is 2.24. The molecule has 0 radical (unpaired) electrons. The van der Waals surface area contributed by atoms with Crippen LogP contribution in [0.25, 0.3) is 0 Å². The zero-order chi connectivity index (χ0) is 21.1. The quantitative estimate of drug-likeness (QED) is 0.615. The van der Waals surface area contributed by atoms with Gasteiger partial charge in [-0.1, -0.05) is 42.5 Å². The number of nitrogens with zero attached hydrogens (tertiary/aromatic N) is 2. The molecule has 0 bridgehead atoms. The van der Waals surface area contributed by atoms with E-state index >= 15 is 0 Å². The number of carbonyl (C=O) groups is 1. The van der Waals surface area contributed by atoms with Gasteiger partial charge in [-0.05, 0) is 36.1 Å². The normalized spacial score (nSPS) is 13.6. The van der Waals surface area contributed by atoms with Gasteiger partial charge in [0.1, 0.15) is 11.4 Å². The Kier molecular flexibility index (Phi) is 5.65. The van der Waals surface area contributed by atoms with Gasteiger partial charge in [0.05, 0.1) is 0 Å². The van der Waals surface area contributed by atoms with Crippen molar-refractivity contribution >= 4 is 17.3 Å². The maximum absolute atomic E-state index is 12.7. The maximum Gasteiger partial charge on any atom is 0.253 e. The molecule has 3 aromatic carbocycles. The van der Waals surface area contributed by atoms with Crippen molar-refractivity contribution in [2.24, 2.45) is 0 Å². The predicted octanol–water partition coefficient (Wildman–Crippen LogP) is 2.77. The van der Waals surface area contributed by atoms with Crippen molar-refractivity contribution in [1.29, 1.82) is 0 Å². The molecule has 30 heavy (non-hydrogen) atoms. The number of carbonyl (C=O) groups excluding carboxylic acids is 1. The van der Waals surface area contributed by atoms with Crippen LogP contribution in [0.4, 0.5) is 11.4 Å². The van der Waals surface area contributed by atoms with Crippen molar-refractivity contribution in [1.82, 2.24) is 4.90 Å². The van der Waals surface area contributed by atoms with Gasteiger partial charge < -0.3 is 15.1 Å². The summed E-state index contributed by atoms with van der Waals surface area (Å²) in [4.78, 5) is 40.3. The second kappa shape index (κ2) is 8.53. The van der Waals surface area contributed by atoms with Gasteiger partial charge in [-0.2, -0.15) is 0 Å². The van der Waals surface area contributed by atoms with Gasteiger partial charge in [0.2, 0.25) is 0 Å². The van der Waals surface area contributed by atoms with Gasteiger partial charge in [0.15, 0.2) is 0 Å². The summed E-state index contributed by atoms with van der Waals surface area (Å²) in [7, 11) is 1.79. The van der Waals surface area contributed by atoms with Crippen molar-refractivity contribution < 1.29 is 4.79 Å². The summed E-state index contributed by atoms with van der Waals surface area (Å²) in [5.41, 5.74) is 2.77. The van der Waals surface area contributed by atoms with Gasteiger partial charge >= 0.3 is 0 Å². The highest BCUT2D eigenvalue weighted by molar-refractivity contribution is 5.94. The highest BCUT2D eigenvalue weighted by Gasteiger charge is 2.27. The van der Waals surface area contributed by atoms with Crippen LogP contribution in [0.2, 0.25) is 0 Å². The summed E-state index contributed by atoms with van der Waals surface area (Å²) in [5.74, 6) is -0.0443. The van der Waals surface area contributed by atoms with Crippen LogP contribution in [0.1, 0.15) is 34.3 Å². The minimum absolute atomic E-state index is 0.0443. The lowest BCUT2D eigenvalue weighted by atomic mass is 10.1. The second-order valence-electron chi connectivity index (χ2n) is 7.77. The lowest BCUT2D eigenvalue weighted by molar-refractivity contribution is 0.0785. The molecule has 0 aliphatic carbocycles. The topological polar surface area (TPSA) is 69.7 Å². The van der Waals surface area contributed by atoms with Crippen molar-refractivity contribution in [3.8, 4) is 0 Å². The molecule has 0 unspecified atom stereocenters. The lowest BCUT2D eigenvalue weighted by Gasteiger charge is -2.22. The molecule has 0 saturated carbocycles. The molecule has 1 N–H and O–H groups in total. The first-order valence-corrected chi connectivity index (χ1v) is 10.2. The molecular weight excluding hydrogens is 378 g/mol. The van der Waals surface area contributed by atoms with Gasteiger partial charge in [-0.15, -0.1) is 0 Å². The third-order valence-corrected chi connectivity index (χ3v) is 5.59. The fourth-order valence-corrected chi connectivity index (χ4v) is 3.89. The van der Waals surface area contributed by atoms with E-state index in [1.165, 1.54) is 0 Å². The summed E-state index contributed by atoms with van der Waals surface area (Å²) >= 11 is 0. The van der Waals surface area contributed by atoms with E-state index in [1.807, 2.05) is 47.4 Å². The molecule has 6 nitrogen and oxygen atoms in total. The Bertz CT molecular complexity index is 1090. The number of benzene rings is 2. The Balaban J connectivity index is 1.37. The first-order valence-electron chi connectivity index (χ1n) is 10.2. The molecule has 1 fully saturated rings. The van der Waals surface area contributed by atoms with Crippen LogP contribution in [-0.2, 0) is 13.1 Å². The third kappa shape index (κ3) is 3.99. The molecule has 1 amide bonds. The van der Waals surface area contributed by atoms with E-state index in [0.29, 0.717) is 30.0 Å². The summed E-state index contributed by atoms with van der Waals surface area (Å²) in [5, 5.41) is 3.12. The summed E-state index contributed by atoms with van der Waals surface area (Å²) in [6.45, 7) is 2.63. The zero-order valence-corrected chi connectivity index (χ0v) is 17.1. The van der Waals surface area contributed by atoms with Crippen molar-refractivity contribution in [2.45, 2.75) is 25.9 Å². The van der Waals surface area contributed by atoms with E-state index in [1.54, 1.807) is 24.1 Å². The molecule has 0 aromatic heterocycles. The van der Waals surface area contributed by atoms with Crippen molar-refractivity contribution in [3.05, 3.63) is 91.7 Å². The Labute approximate surface area is 175 Å². The molecule has 1 heterocycles. The zero-order valence-electron chi connectivity index (χ0n) is 17.1. The van der Waals surface area contributed by atoms with Gasteiger partial charge in [-0.25, -0.2) is 0 Å². The summed E-state index contributed by atoms with van der Waals surface area (Å²) in [6, 6.07) is 17.2. The SMILES string of the molecule is CN(Cc1ccccc1)C(=O)c1ccc(CNc2c(N3CCCC3)c(=O)c2=O)cc1. The van der Waals surface area contributed by atoms with Gasteiger partial charge in [0.25, 0.3) is 16.8 Å². The highest BCUT2D eigenvalue weighted by atomic mass is 16.2. The van der Waals surface area contributed by atoms with Crippen LogP contribution >= 0.6 is 0 Å². The minimum atomic E-state index is -0.439. The van der Waals surface area contributed by atoms with E-state index in [4.69, 9.17) is 0 Å². The van der Waals surface area contributed by atoms with E-state index in [0.717, 1.165) is 37.1 Å². The standard InChI is InChI=1S/C24H25N3O3/c1-26(16-18-7-3-2-4-8-18)24(30)19-11-9-17(10-12-19)15-25-20-21(23(29)22(20)28)27-13-5-6-14-27/h2-4,7-12,25H,5-6,13-16H2,1H3. The Morgan fingerprint density at radius 1 is 0.933 bits per heavy atom. The average Bonchev–Trinajstić information content (AvgIpc) is 3.30. The average molecular weight is 403 g/mol. The van der Waals surface area contributed by atoms with Crippen LogP contribution in [0.5, 0.6) is 0 Å².